The molecule has 0 unspecified atom stereocenters. The lowest BCUT2D eigenvalue weighted by atomic mass is 10.0. The molecule has 1 N–H and O–H groups in total. The van der Waals surface area contributed by atoms with Crippen molar-refractivity contribution in [1.29, 1.82) is 0 Å². The Balaban J connectivity index is 1.48. The molecule has 19 heavy (non-hydrogen) atoms. The van der Waals surface area contributed by atoms with Crippen LogP contribution in [0.4, 0.5) is 0 Å². The molecule has 0 radical (unpaired) electrons. The molecule has 0 atom stereocenters. The molecule has 0 saturated heterocycles. The first-order chi connectivity index (χ1) is 9.33. The maximum absolute atomic E-state index is 5.91. The maximum atomic E-state index is 5.91. The van der Waals surface area contributed by atoms with Crippen LogP contribution in [0, 0.1) is 0 Å². The Labute approximate surface area is 122 Å². The van der Waals surface area contributed by atoms with Crippen LogP contribution in [-0.2, 0) is 25.9 Å². The lowest BCUT2D eigenvalue weighted by Crippen LogP contribution is -2.20. The summed E-state index contributed by atoms with van der Waals surface area (Å²) in [6.45, 7) is 2.87. The monoisotopic (exact) mass is 295 g/mol. The molecule has 0 spiro atoms. The highest BCUT2D eigenvalue weighted by molar-refractivity contribution is 7.16. The van der Waals surface area contributed by atoms with Crippen LogP contribution in [-0.4, -0.2) is 16.1 Å². The van der Waals surface area contributed by atoms with E-state index in [1.807, 2.05) is 12.4 Å². The predicted octanol–water partition coefficient (Wildman–Crippen LogP) is 3.27. The van der Waals surface area contributed by atoms with Crippen molar-refractivity contribution in [1.82, 2.24) is 14.9 Å². The molecule has 0 fully saturated rings. The summed E-state index contributed by atoms with van der Waals surface area (Å²) in [7, 11) is 0. The summed E-state index contributed by atoms with van der Waals surface area (Å²) in [4.78, 5) is 5.81. The average molecular weight is 296 g/mol. The van der Waals surface area contributed by atoms with Crippen LogP contribution in [0.25, 0.3) is 0 Å². The molecule has 1 aliphatic rings. The number of hydrogen-bond acceptors (Lipinski definition) is 3. The summed E-state index contributed by atoms with van der Waals surface area (Å²) in [6, 6.07) is 4.04. The van der Waals surface area contributed by atoms with E-state index < -0.39 is 0 Å². The Morgan fingerprint density at radius 1 is 1.32 bits per heavy atom. The van der Waals surface area contributed by atoms with E-state index in [0.717, 1.165) is 30.4 Å². The fourth-order valence-electron chi connectivity index (χ4n) is 2.58. The maximum Gasteiger partial charge on any atom is 0.0952 e. The number of aromatic nitrogens is 2. The van der Waals surface area contributed by atoms with E-state index in [4.69, 9.17) is 11.6 Å². The molecule has 0 saturated carbocycles. The molecule has 5 heteroatoms. The minimum absolute atomic E-state index is 0.862. The Morgan fingerprint density at radius 2 is 2.21 bits per heavy atom. The van der Waals surface area contributed by atoms with Gasteiger partial charge >= 0.3 is 0 Å². The van der Waals surface area contributed by atoms with Crippen LogP contribution < -0.4 is 5.32 Å². The third-order valence-corrected chi connectivity index (χ3v) is 4.80. The first-order valence-electron chi connectivity index (χ1n) is 6.81. The highest BCUT2D eigenvalue weighted by Crippen LogP contribution is 2.21. The van der Waals surface area contributed by atoms with Crippen molar-refractivity contribution in [2.24, 2.45) is 0 Å². The van der Waals surface area contributed by atoms with E-state index in [0.29, 0.717) is 0 Å². The van der Waals surface area contributed by atoms with Gasteiger partial charge in [0.05, 0.1) is 16.4 Å². The summed E-state index contributed by atoms with van der Waals surface area (Å²) in [5, 5.41) is 3.46. The van der Waals surface area contributed by atoms with Gasteiger partial charge in [-0.2, -0.15) is 0 Å². The van der Waals surface area contributed by atoms with Crippen molar-refractivity contribution in [3.05, 3.63) is 39.1 Å². The first kappa shape index (κ1) is 13.2. The van der Waals surface area contributed by atoms with Gasteiger partial charge in [0.2, 0.25) is 0 Å². The van der Waals surface area contributed by atoms with Gasteiger partial charge in [-0.1, -0.05) is 11.6 Å². The van der Waals surface area contributed by atoms with Crippen LogP contribution in [0.15, 0.2) is 18.5 Å². The Hall–Kier alpha value is -0.840. The second kappa shape index (κ2) is 6.07. The van der Waals surface area contributed by atoms with Crippen molar-refractivity contribution >= 4 is 22.9 Å². The zero-order chi connectivity index (χ0) is 13.1. The predicted molar refractivity (Wildman–Crippen MR) is 79.9 cm³/mol. The van der Waals surface area contributed by atoms with Crippen LogP contribution in [0.3, 0.4) is 0 Å². The zero-order valence-corrected chi connectivity index (χ0v) is 12.4. The summed E-state index contributed by atoms with van der Waals surface area (Å²) in [5.41, 5.74) is 2.77. The van der Waals surface area contributed by atoms with E-state index >= 15 is 0 Å². The van der Waals surface area contributed by atoms with E-state index in [-0.39, 0.29) is 0 Å². The van der Waals surface area contributed by atoms with Gasteiger partial charge in [0.1, 0.15) is 0 Å². The lowest BCUT2D eigenvalue weighted by Gasteiger charge is -2.14. The summed E-state index contributed by atoms with van der Waals surface area (Å²) < 4.78 is 3.17. The van der Waals surface area contributed by atoms with Crippen LogP contribution in [0.5, 0.6) is 0 Å². The average Bonchev–Trinajstić information content (AvgIpc) is 3.02. The molecule has 3 nitrogen and oxygen atoms in total. The van der Waals surface area contributed by atoms with Gasteiger partial charge in [-0.3, -0.25) is 0 Å². The molecule has 0 aliphatic heterocycles. The number of nitrogens with one attached hydrogen (secondary N) is 1. The number of thiophene rings is 1. The van der Waals surface area contributed by atoms with E-state index in [2.05, 4.69) is 20.9 Å². The highest BCUT2D eigenvalue weighted by atomic mass is 35.5. The molecule has 2 heterocycles. The third-order valence-electron chi connectivity index (χ3n) is 3.57. The molecule has 0 amide bonds. The minimum Gasteiger partial charge on any atom is -0.333 e. The summed E-state index contributed by atoms with van der Waals surface area (Å²) >= 11 is 7.55. The minimum atomic E-state index is 0.862. The van der Waals surface area contributed by atoms with Crippen molar-refractivity contribution in [3.63, 3.8) is 0 Å². The molecule has 1 aliphatic carbocycles. The number of hydrogen-bond donors (Lipinski definition) is 1. The second-order valence-corrected chi connectivity index (χ2v) is 6.72. The van der Waals surface area contributed by atoms with Gasteiger partial charge in [-0.05, 0) is 37.8 Å². The Kier molecular flexibility index (Phi) is 4.21. The summed E-state index contributed by atoms with van der Waals surface area (Å²) in [6.07, 6.45) is 6.94. The molecule has 0 aromatic carbocycles. The van der Waals surface area contributed by atoms with Gasteiger partial charge in [-0.25, -0.2) is 4.98 Å². The fourth-order valence-corrected chi connectivity index (χ4v) is 3.64. The molecule has 102 valence electrons. The van der Waals surface area contributed by atoms with Crippen molar-refractivity contribution < 1.29 is 0 Å². The second-order valence-electron chi connectivity index (χ2n) is 4.92. The van der Waals surface area contributed by atoms with Gasteiger partial charge in [0, 0.05) is 30.2 Å². The Morgan fingerprint density at radius 3 is 3.05 bits per heavy atom. The number of fused-ring (bicyclic) bond motifs is 1. The quantitative estimate of drug-likeness (QED) is 0.858. The number of halogens is 1. The van der Waals surface area contributed by atoms with Crippen LogP contribution in [0.2, 0.25) is 4.34 Å². The molecular formula is C14H18ClN3S. The van der Waals surface area contributed by atoms with Crippen molar-refractivity contribution in [3.8, 4) is 0 Å². The number of rotatable bonds is 5. The molecule has 0 bridgehead atoms. The van der Waals surface area contributed by atoms with E-state index in [9.17, 15) is 0 Å². The van der Waals surface area contributed by atoms with Crippen LogP contribution in [0.1, 0.15) is 29.1 Å². The smallest absolute Gasteiger partial charge is 0.0952 e. The number of nitrogens with zero attached hydrogens (tertiary/aromatic N) is 2. The standard InChI is InChI=1S/C14H18ClN3S/c15-14-6-5-11(19-14)9-16-7-8-18-10-17-12-3-1-2-4-13(12)18/h5-6,10,16H,1-4,7-9H2. The summed E-state index contributed by atoms with van der Waals surface area (Å²) in [5.74, 6) is 0. The lowest BCUT2D eigenvalue weighted by molar-refractivity contribution is 0.564. The zero-order valence-electron chi connectivity index (χ0n) is 10.9. The van der Waals surface area contributed by atoms with Crippen molar-refractivity contribution in [2.45, 2.75) is 38.8 Å². The van der Waals surface area contributed by atoms with Gasteiger partial charge in [0.25, 0.3) is 0 Å². The SMILES string of the molecule is Clc1ccc(CNCCn2cnc3c2CCCC3)s1. The number of imidazole rings is 1. The largest absolute Gasteiger partial charge is 0.333 e. The molecule has 2 aromatic rings. The van der Waals surface area contributed by atoms with Crippen LogP contribution >= 0.6 is 22.9 Å². The van der Waals surface area contributed by atoms with E-state index in [1.165, 1.54) is 35.5 Å². The molecular weight excluding hydrogens is 278 g/mol. The Bertz CT molecular complexity index is 547. The topological polar surface area (TPSA) is 29.9 Å². The number of aryl methyl sites for hydroxylation is 1. The van der Waals surface area contributed by atoms with E-state index in [1.54, 1.807) is 11.3 Å². The third kappa shape index (κ3) is 3.19. The van der Waals surface area contributed by atoms with Gasteiger partial charge in [0.15, 0.2) is 0 Å². The first-order valence-corrected chi connectivity index (χ1v) is 8.00. The van der Waals surface area contributed by atoms with Gasteiger partial charge < -0.3 is 9.88 Å². The highest BCUT2D eigenvalue weighted by Gasteiger charge is 2.14. The molecule has 3 rings (SSSR count). The fraction of sp³-hybridized carbons (Fsp3) is 0.500. The molecule has 2 aromatic heterocycles. The van der Waals surface area contributed by atoms with Gasteiger partial charge in [-0.15, -0.1) is 11.3 Å². The normalized spacial score (nSPS) is 14.6. The van der Waals surface area contributed by atoms with Crippen molar-refractivity contribution in [2.75, 3.05) is 6.54 Å².